The molecule has 0 aliphatic heterocycles. The summed E-state index contributed by atoms with van der Waals surface area (Å²) in [5.41, 5.74) is 1.43. The fraction of sp³-hybridized carbons (Fsp3) is 0.100. The zero-order valence-corrected chi connectivity index (χ0v) is 13.9. The Morgan fingerprint density at radius 2 is 1.64 bits per heavy atom. The summed E-state index contributed by atoms with van der Waals surface area (Å²) in [6, 6.07) is 14.8. The van der Waals surface area contributed by atoms with Gasteiger partial charge >= 0.3 is 5.69 Å². The van der Waals surface area contributed by atoms with Crippen molar-refractivity contribution in [3.05, 3.63) is 64.6 Å². The molecule has 0 saturated carbocycles. The molecule has 0 aliphatic carbocycles. The third-order valence-corrected chi connectivity index (χ3v) is 3.98. The molecule has 0 radical (unpaired) electrons. The quantitative estimate of drug-likeness (QED) is 0.518. The number of methoxy groups -OCH3 is 2. The number of hydrogen-bond acceptors (Lipinski definition) is 4. The summed E-state index contributed by atoms with van der Waals surface area (Å²) in [5.74, 6) is 0.541. The zero-order chi connectivity index (χ0) is 17.8. The Kier molecular flexibility index (Phi) is 4.53. The number of ether oxygens (including phenoxy) is 2. The highest BCUT2D eigenvalue weighted by Gasteiger charge is 2.20. The van der Waals surface area contributed by atoms with Gasteiger partial charge in [-0.1, -0.05) is 36.4 Å². The van der Waals surface area contributed by atoms with Crippen LogP contribution in [0.5, 0.6) is 17.2 Å². The lowest BCUT2D eigenvalue weighted by molar-refractivity contribution is -0.264. The average molecular weight is 332 g/mol. The van der Waals surface area contributed by atoms with Crippen LogP contribution in [0.3, 0.4) is 0 Å². The van der Waals surface area contributed by atoms with Crippen molar-refractivity contribution < 1.29 is 14.6 Å². The van der Waals surface area contributed by atoms with E-state index in [1.807, 2.05) is 36.4 Å². The standard InChI is InChI=1S/C20H16N2O3/c1-24-16-10-11-17(25-2)18-15(16)12-14(19(22-21)20(18)23)9-8-13-6-4-3-5-7-13/h3-12H,1-2H3/b9-8+. The van der Waals surface area contributed by atoms with E-state index >= 15 is 0 Å². The summed E-state index contributed by atoms with van der Waals surface area (Å²) in [6.07, 6.45) is 3.59. The lowest BCUT2D eigenvalue weighted by atomic mass is 10.0. The van der Waals surface area contributed by atoms with Crippen molar-refractivity contribution in [3.8, 4) is 17.2 Å². The highest BCUT2D eigenvalue weighted by Crippen LogP contribution is 2.44. The smallest absolute Gasteiger partial charge is 0.385 e. The Balaban J connectivity index is 2.26. The average Bonchev–Trinajstić information content (AvgIpc) is 2.66. The zero-order valence-electron chi connectivity index (χ0n) is 13.9. The van der Waals surface area contributed by atoms with Gasteiger partial charge in [-0.2, -0.15) is 0 Å². The van der Waals surface area contributed by atoms with Gasteiger partial charge in [0.25, 0.3) is 0 Å². The molecule has 5 heteroatoms. The van der Waals surface area contributed by atoms with Gasteiger partial charge in [-0.3, -0.25) is 0 Å². The summed E-state index contributed by atoms with van der Waals surface area (Å²) in [5, 5.41) is 23.1. The fourth-order valence-electron chi connectivity index (χ4n) is 2.76. The largest absolute Gasteiger partial charge is 0.867 e. The number of diazo groups is 1. The van der Waals surface area contributed by atoms with Crippen molar-refractivity contribution >= 4 is 28.6 Å². The van der Waals surface area contributed by atoms with Gasteiger partial charge in [-0.25, -0.2) is 0 Å². The van der Waals surface area contributed by atoms with Crippen LogP contribution in [0, 0.1) is 5.39 Å². The van der Waals surface area contributed by atoms with E-state index in [9.17, 15) is 10.5 Å². The lowest BCUT2D eigenvalue weighted by Crippen LogP contribution is -1.97. The van der Waals surface area contributed by atoms with Gasteiger partial charge in [0, 0.05) is 16.5 Å². The number of fused-ring (bicyclic) bond motifs is 1. The van der Waals surface area contributed by atoms with E-state index in [4.69, 9.17) is 9.47 Å². The van der Waals surface area contributed by atoms with Crippen LogP contribution < -0.4 is 14.6 Å². The van der Waals surface area contributed by atoms with E-state index < -0.39 is 5.75 Å². The van der Waals surface area contributed by atoms with Gasteiger partial charge in [-0.15, -0.1) is 0 Å². The molecular formula is C20H16N2O3. The van der Waals surface area contributed by atoms with Crippen LogP contribution in [0.25, 0.3) is 27.9 Å². The summed E-state index contributed by atoms with van der Waals surface area (Å²) in [7, 11) is 3.02. The van der Waals surface area contributed by atoms with E-state index in [1.165, 1.54) is 14.2 Å². The summed E-state index contributed by atoms with van der Waals surface area (Å²) in [6.45, 7) is 0. The van der Waals surface area contributed by atoms with Crippen LogP contribution in [0.4, 0.5) is 5.69 Å². The normalized spacial score (nSPS) is 10.8. The van der Waals surface area contributed by atoms with Crippen LogP contribution in [0.15, 0.2) is 48.5 Å². The molecule has 0 aromatic heterocycles. The Bertz CT molecular complexity index is 989. The predicted octanol–water partition coefficient (Wildman–Crippen LogP) is 4.59. The molecule has 5 nitrogen and oxygen atoms in total. The van der Waals surface area contributed by atoms with Crippen LogP contribution in [-0.4, -0.2) is 14.2 Å². The summed E-state index contributed by atoms with van der Waals surface area (Å²) < 4.78 is 10.6. The molecule has 0 saturated heterocycles. The molecule has 3 aromatic rings. The van der Waals surface area contributed by atoms with Crippen LogP contribution >= 0.6 is 0 Å². The third-order valence-electron chi connectivity index (χ3n) is 3.98. The van der Waals surface area contributed by atoms with Gasteiger partial charge < -0.3 is 14.6 Å². The molecule has 0 N–H and O–H groups in total. The first-order valence-corrected chi connectivity index (χ1v) is 7.66. The Morgan fingerprint density at radius 3 is 2.28 bits per heavy atom. The summed E-state index contributed by atoms with van der Waals surface area (Å²) >= 11 is 0. The second-order valence-corrected chi connectivity index (χ2v) is 5.38. The first kappa shape index (κ1) is 16.3. The second-order valence-electron chi connectivity index (χ2n) is 5.38. The SMILES string of the molecule is COc1ccc(OC)c2c([O-])c([N+]#N)c(/C=C/c3ccccc3)cc12. The van der Waals surface area contributed by atoms with Crippen LogP contribution in [0.2, 0.25) is 0 Å². The molecule has 0 atom stereocenters. The van der Waals surface area contributed by atoms with E-state index in [2.05, 4.69) is 4.98 Å². The van der Waals surface area contributed by atoms with Gasteiger partial charge in [0.2, 0.25) is 5.39 Å². The Morgan fingerprint density at radius 1 is 0.960 bits per heavy atom. The van der Waals surface area contributed by atoms with Crippen LogP contribution in [0.1, 0.15) is 11.1 Å². The molecule has 0 fully saturated rings. The molecule has 124 valence electrons. The highest BCUT2D eigenvalue weighted by molar-refractivity contribution is 6.04. The fourth-order valence-corrected chi connectivity index (χ4v) is 2.76. The van der Waals surface area contributed by atoms with Crippen molar-refractivity contribution in [2.45, 2.75) is 0 Å². The molecule has 0 bridgehead atoms. The number of rotatable bonds is 4. The van der Waals surface area contributed by atoms with Gasteiger partial charge in [0.05, 0.1) is 19.8 Å². The van der Waals surface area contributed by atoms with E-state index in [0.717, 1.165) is 5.56 Å². The van der Waals surface area contributed by atoms with Crippen molar-refractivity contribution in [2.75, 3.05) is 14.2 Å². The maximum atomic E-state index is 12.8. The van der Waals surface area contributed by atoms with Crippen molar-refractivity contribution in [3.63, 3.8) is 0 Å². The van der Waals surface area contributed by atoms with E-state index in [1.54, 1.807) is 24.3 Å². The molecule has 0 spiro atoms. The van der Waals surface area contributed by atoms with Gasteiger partial charge in [-0.05, 0) is 29.8 Å². The number of nitrogens with zero attached hydrogens (tertiary/aromatic N) is 2. The van der Waals surface area contributed by atoms with Crippen molar-refractivity contribution in [1.82, 2.24) is 0 Å². The first-order valence-electron chi connectivity index (χ1n) is 7.66. The molecule has 3 rings (SSSR count). The Labute approximate surface area is 145 Å². The minimum Gasteiger partial charge on any atom is -0.867 e. The minimum absolute atomic E-state index is 0.0359. The molecule has 25 heavy (non-hydrogen) atoms. The minimum atomic E-state index is -0.413. The first-order chi connectivity index (χ1) is 12.2. The molecule has 0 unspecified atom stereocenters. The van der Waals surface area contributed by atoms with Gasteiger partial charge in [0.15, 0.2) is 4.98 Å². The van der Waals surface area contributed by atoms with E-state index in [0.29, 0.717) is 27.8 Å². The molecule has 0 heterocycles. The third kappa shape index (κ3) is 2.98. The van der Waals surface area contributed by atoms with Gasteiger partial charge in [0.1, 0.15) is 11.5 Å². The molecular weight excluding hydrogens is 316 g/mol. The number of benzene rings is 3. The highest BCUT2D eigenvalue weighted by atomic mass is 16.5. The lowest BCUT2D eigenvalue weighted by Gasteiger charge is -2.15. The molecule has 0 amide bonds. The van der Waals surface area contributed by atoms with Crippen molar-refractivity contribution in [1.29, 1.82) is 5.39 Å². The van der Waals surface area contributed by atoms with Crippen molar-refractivity contribution in [2.24, 2.45) is 0 Å². The molecule has 0 aliphatic rings. The second kappa shape index (κ2) is 6.93. The monoisotopic (exact) mass is 332 g/mol. The van der Waals surface area contributed by atoms with E-state index in [-0.39, 0.29) is 5.69 Å². The van der Waals surface area contributed by atoms with Crippen LogP contribution in [-0.2, 0) is 0 Å². The maximum absolute atomic E-state index is 12.8. The topological polar surface area (TPSA) is 69.7 Å². The Hall–Kier alpha value is -3.52. The maximum Gasteiger partial charge on any atom is 0.385 e. The predicted molar refractivity (Wildman–Crippen MR) is 96.6 cm³/mol. The summed E-state index contributed by atoms with van der Waals surface area (Å²) in [4.78, 5) is 3.20. The number of hydrogen-bond donors (Lipinski definition) is 0. The molecule has 3 aromatic carbocycles.